The molecule has 0 spiro atoms. The minimum Gasteiger partial charge on any atom is -0.349 e. The van der Waals surface area contributed by atoms with Gasteiger partial charge in [-0.3, -0.25) is 4.99 Å². The second-order valence-corrected chi connectivity index (χ2v) is 4.98. The monoisotopic (exact) mass is 354 g/mol. The molecule has 0 radical (unpaired) electrons. The Hall–Kier alpha value is -0.0400. The predicted octanol–water partition coefficient (Wildman–Crippen LogP) is 1.43. The van der Waals surface area contributed by atoms with E-state index in [9.17, 15) is 0 Å². The Morgan fingerprint density at radius 2 is 1.82 bits per heavy atom. The lowest BCUT2D eigenvalue weighted by Gasteiger charge is -2.23. The van der Waals surface area contributed by atoms with Crippen molar-refractivity contribution >= 4 is 29.9 Å². The van der Waals surface area contributed by atoms with Gasteiger partial charge in [0.2, 0.25) is 0 Å². The molecule has 1 fully saturated rings. The largest absolute Gasteiger partial charge is 0.349 e. The summed E-state index contributed by atoms with van der Waals surface area (Å²) in [6.45, 7) is 6.83. The Balaban J connectivity index is 0.00000256. The van der Waals surface area contributed by atoms with Gasteiger partial charge >= 0.3 is 0 Å². The Kier molecular flexibility index (Phi) is 8.11. The van der Waals surface area contributed by atoms with E-state index in [1.54, 1.807) is 0 Å². The van der Waals surface area contributed by atoms with E-state index in [4.69, 9.17) is 4.99 Å². The van der Waals surface area contributed by atoms with Crippen LogP contribution in [0, 0.1) is 5.92 Å². The molecule has 1 rings (SSSR count). The van der Waals surface area contributed by atoms with Gasteiger partial charge in [0.1, 0.15) is 0 Å². The van der Waals surface area contributed by atoms with Crippen LogP contribution in [-0.2, 0) is 0 Å². The molecule has 0 aromatic heterocycles. The van der Waals surface area contributed by atoms with Crippen LogP contribution in [0.3, 0.4) is 0 Å². The van der Waals surface area contributed by atoms with E-state index in [1.807, 2.05) is 28.2 Å². The molecule has 0 aromatic rings. The molecule has 0 aromatic carbocycles. The topological polar surface area (TPSA) is 22.1 Å². The lowest BCUT2D eigenvalue weighted by Crippen LogP contribution is -2.36. The van der Waals surface area contributed by atoms with Gasteiger partial charge in [0.05, 0.1) is 0 Å². The zero-order valence-electron chi connectivity index (χ0n) is 11.8. The Bertz CT molecular complexity index is 231. The molecule has 1 aliphatic rings. The summed E-state index contributed by atoms with van der Waals surface area (Å²) in [6, 6.07) is 0. The second-order valence-electron chi connectivity index (χ2n) is 4.98. The molecule has 0 saturated carbocycles. The standard InChI is InChI=1S/C12H26N4.HI/c1-6-16-8-7-11(10-16)9-13-12(14(2)3)15(4)5;/h11H,6-10H2,1-5H3;1H. The molecule has 1 heterocycles. The molecule has 0 aliphatic carbocycles. The van der Waals surface area contributed by atoms with Gasteiger partial charge in [0.25, 0.3) is 0 Å². The smallest absolute Gasteiger partial charge is 0.195 e. The number of hydrogen-bond acceptors (Lipinski definition) is 2. The third-order valence-corrected chi connectivity index (χ3v) is 3.11. The molecule has 1 atom stereocenters. The van der Waals surface area contributed by atoms with Crippen molar-refractivity contribution in [2.75, 3.05) is 54.4 Å². The maximum atomic E-state index is 4.72. The summed E-state index contributed by atoms with van der Waals surface area (Å²) in [5.74, 6) is 1.81. The molecule has 5 heteroatoms. The molecule has 4 nitrogen and oxygen atoms in total. The lowest BCUT2D eigenvalue weighted by molar-refractivity contribution is 0.343. The molecular formula is C12H27IN4. The van der Waals surface area contributed by atoms with Crippen molar-refractivity contribution in [2.45, 2.75) is 13.3 Å². The van der Waals surface area contributed by atoms with E-state index in [0.29, 0.717) is 0 Å². The van der Waals surface area contributed by atoms with Gasteiger partial charge in [0, 0.05) is 41.3 Å². The molecule has 0 bridgehead atoms. The van der Waals surface area contributed by atoms with Crippen molar-refractivity contribution in [3.63, 3.8) is 0 Å². The highest BCUT2D eigenvalue weighted by Gasteiger charge is 2.20. The van der Waals surface area contributed by atoms with Crippen LogP contribution in [0.4, 0.5) is 0 Å². The van der Waals surface area contributed by atoms with E-state index in [-0.39, 0.29) is 24.0 Å². The van der Waals surface area contributed by atoms with Crippen LogP contribution < -0.4 is 0 Å². The fourth-order valence-electron chi connectivity index (χ4n) is 2.24. The molecule has 1 aliphatic heterocycles. The van der Waals surface area contributed by atoms with Gasteiger partial charge < -0.3 is 14.7 Å². The van der Waals surface area contributed by atoms with Gasteiger partial charge in [-0.05, 0) is 25.4 Å². The molecule has 0 N–H and O–H groups in total. The third kappa shape index (κ3) is 5.42. The number of likely N-dealkylation sites (tertiary alicyclic amines) is 1. The Morgan fingerprint density at radius 1 is 1.24 bits per heavy atom. The first-order valence-corrected chi connectivity index (χ1v) is 6.16. The number of aliphatic imine (C=N–C) groups is 1. The van der Waals surface area contributed by atoms with Crippen molar-refractivity contribution in [1.82, 2.24) is 14.7 Å². The van der Waals surface area contributed by atoms with E-state index >= 15 is 0 Å². The van der Waals surface area contributed by atoms with Gasteiger partial charge in [-0.2, -0.15) is 0 Å². The minimum atomic E-state index is 0. The highest BCUT2D eigenvalue weighted by Crippen LogP contribution is 2.15. The number of nitrogens with zero attached hydrogens (tertiary/aromatic N) is 4. The highest BCUT2D eigenvalue weighted by molar-refractivity contribution is 14.0. The van der Waals surface area contributed by atoms with Crippen molar-refractivity contribution in [1.29, 1.82) is 0 Å². The van der Waals surface area contributed by atoms with Gasteiger partial charge in [0.15, 0.2) is 5.96 Å². The van der Waals surface area contributed by atoms with Gasteiger partial charge in [-0.25, -0.2) is 0 Å². The van der Waals surface area contributed by atoms with Crippen LogP contribution in [0.2, 0.25) is 0 Å². The number of rotatable bonds is 3. The molecule has 0 amide bonds. The number of halogens is 1. The minimum absolute atomic E-state index is 0. The maximum Gasteiger partial charge on any atom is 0.195 e. The zero-order chi connectivity index (χ0) is 12.1. The number of guanidine groups is 1. The van der Waals surface area contributed by atoms with Crippen LogP contribution in [0.5, 0.6) is 0 Å². The normalized spacial score (nSPS) is 19.7. The summed E-state index contributed by atoms with van der Waals surface area (Å²) in [5, 5.41) is 0. The fraction of sp³-hybridized carbons (Fsp3) is 0.917. The van der Waals surface area contributed by atoms with Crippen LogP contribution in [-0.4, -0.2) is 75.0 Å². The summed E-state index contributed by atoms with van der Waals surface area (Å²) >= 11 is 0. The van der Waals surface area contributed by atoms with Crippen LogP contribution in [0.1, 0.15) is 13.3 Å². The SMILES string of the molecule is CCN1CCC(CN=C(N(C)C)N(C)C)C1.I. The first kappa shape index (κ1) is 17.0. The first-order chi connectivity index (χ1) is 7.54. The highest BCUT2D eigenvalue weighted by atomic mass is 127. The third-order valence-electron chi connectivity index (χ3n) is 3.11. The van der Waals surface area contributed by atoms with Crippen molar-refractivity contribution in [3.8, 4) is 0 Å². The number of hydrogen-bond donors (Lipinski definition) is 0. The molecule has 1 unspecified atom stereocenters. The van der Waals surface area contributed by atoms with Crippen molar-refractivity contribution in [2.24, 2.45) is 10.9 Å². The summed E-state index contributed by atoms with van der Waals surface area (Å²) in [4.78, 5) is 11.4. The quantitative estimate of drug-likeness (QED) is 0.435. The first-order valence-electron chi connectivity index (χ1n) is 6.16. The van der Waals surface area contributed by atoms with Crippen LogP contribution in [0.25, 0.3) is 0 Å². The van der Waals surface area contributed by atoms with E-state index in [0.717, 1.165) is 18.4 Å². The Labute approximate surface area is 123 Å². The van der Waals surface area contributed by atoms with Gasteiger partial charge in [-0.15, -0.1) is 24.0 Å². The summed E-state index contributed by atoms with van der Waals surface area (Å²) in [7, 11) is 8.19. The lowest BCUT2D eigenvalue weighted by atomic mass is 10.1. The maximum absolute atomic E-state index is 4.72. The summed E-state index contributed by atoms with van der Waals surface area (Å²) in [5.41, 5.74) is 0. The van der Waals surface area contributed by atoms with E-state index < -0.39 is 0 Å². The van der Waals surface area contributed by atoms with Crippen LogP contribution >= 0.6 is 24.0 Å². The van der Waals surface area contributed by atoms with E-state index in [2.05, 4.69) is 21.6 Å². The summed E-state index contributed by atoms with van der Waals surface area (Å²) in [6.07, 6.45) is 1.30. The average molecular weight is 354 g/mol. The van der Waals surface area contributed by atoms with Crippen molar-refractivity contribution < 1.29 is 0 Å². The zero-order valence-corrected chi connectivity index (χ0v) is 14.1. The molecule has 17 heavy (non-hydrogen) atoms. The molecular weight excluding hydrogens is 327 g/mol. The molecule has 102 valence electrons. The average Bonchev–Trinajstić information content (AvgIpc) is 2.65. The summed E-state index contributed by atoms with van der Waals surface area (Å²) < 4.78 is 0. The molecule has 1 saturated heterocycles. The fourth-order valence-corrected chi connectivity index (χ4v) is 2.24. The Morgan fingerprint density at radius 3 is 2.24 bits per heavy atom. The second kappa shape index (κ2) is 8.13. The van der Waals surface area contributed by atoms with Crippen LogP contribution in [0.15, 0.2) is 4.99 Å². The van der Waals surface area contributed by atoms with Crippen molar-refractivity contribution in [3.05, 3.63) is 0 Å². The van der Waals surface area contributed by atoms with E-state index in [1.165, 1.54) is 26.1 Å². The predicted molar refractivity (Wildman–Crippen MR) is 85.3 cm³/mol. The van der Waals surface area contributed by atoms with Gasteiger partial charge in [-0.1, -0.05) is 6.92 Å².